The molecule has 6 nitrogen and oxygen atoms in total. The highest BCUT2D eigenvalue weighted by Crippen LogP contribution is 2.14. The highest BCUT2D eigenvalue weighted by atomic mass is 16.5. The maximum atomic E-state index is 12.5. The summed E-state index contributed by atoms with van der Waals surface area (Å²) in [5.74, 6) is 0.924. The van der Waals surface area contributed by atoms with Gasteiger partial charge in [0.15, 0.2) is 0 Å². The van der Waals surface area contributed by atoms with E-state index in [0.29, 0.717) is 6.42 Å². The van der Waals surface area contributed by atoms with Crippen molar-refractivity contribution in [2.24, 2.45) is 0 Å². The van der Waals surface area contributed by atoms with E-state index in [1.807, 2.05) is 35.2 Å². The van der Waals surface area contributed by atoms with E-state index in [9.17, 15) is 9.59 Å². The molecule has 132 valence electrons. The first-order chi connectivity index (χ1) is 12.1. The molecule has 1 amide bonds. The average Bonchev–Trinajstić information content (AvgIpc) is 2.64. The van der Waals surface area contributed by atoms with Gasteiger partial charge in [-0.2, -0.15) is 0 Å². The molecule has 0 bridgehead atoms. The van der Waals surface area contributed by atoms with Crippen LogP contribution in [0.2, 0.25) is 0 Å². The summed E-state index contributed by atoms with van der Waals surface area (Å²) in [5, 5.41) is 0. The van der Waals surface area contributed by atoms with Crippen molar-refractivity contribution in [2.75, 3.05) is 33.3 Å². The molecule has 1 aliphatic heterocycles. The number of nitrogens with one attached hydrogen (secondary N) is 1. The van der Waals surface area contributed by atoms with Gasteiger partial charge in [-0.15, -0.1) is 0 Å². The van der Waals surface area contributed by atoms with Crippen molar-refractivity contribution in [1.82, 2.24) is 14.8 Å². The average molecular weight is 341 g/mol. The predicted octanol–water partition coefficient (Wildman–Crippen LogP) is 1.27. The van der Waals surface area contributed by atoms with E-state index in [4.69, 9.17) is 4.74 Å². The van der Waals surface area contributed by atoms with Gasteiger partial charge in [0.25, 0.3) is 0 Å². The Balaban J connectivity index is 1.50. The summed E-state index contributed by atoms with van der Waals surface area (Å²) >= 11 is 0. The molecule has 1 fully saturated rings. The first-order valence-corrected chi connectivity index (χ1v) is 8.45. The normalized spacial score (nSPS) is 15.2. The van der Waals surface area contributed by atoms with E-state index in [1.54, 1.807) is 19.4 Å². The number of hydrogen-bond acceptors (Lipinski definition) is 4. The van der Waals surface area contributed by atoms with Crippen LogP contribution in [-0.2, 0) is 17.8 Å². The Bertz CT molecular complexity index is 759. The Hall–Kier alpha value is -2.60. The highest BCUT2D eigenvalue weighted by molar-refractivity contribution is 5.79. The molecule has 1 N–H and O–H groups in total. The van der Waals surface area contributed by atoms with Gasteiger partial charge in [0.05, 0.1) is 13.5 Å². The SMILES string of the molecule is COc1cccc(CC(=O)N2CCN(Cc3ccc(=O)[nH]c3)CC2)c1. The van der Waals surface area contributed by atoms with Crippen molar-refractivity contribution in [1.29, 1.82) is 0 Å². The Morgan fingerprint density at radius 1 is 1.12 bits per heavy atom. The molecule has 1 aromatic carbocycles. The quantitative estimate of drug-likeness (QED) is 0.889. The topological polar surface area (TPSA) is 65.6 Å². The van der Waals surface area contributed by atoms with Crippen molar-refractivity contribution < 1.29 is 9.53 Å². The molecule has 0 aliphatic carbocycles. The molecule has 0 radical (unpaired) electrons. The number of hydrogen-bond donors (Lipinski definition) is 1. The standard InChI is InChI=1S/C19H23N3O3/c1-25-17-4-2-3-15(11-17)12-19(24)22-9-7-21(8-10-22)14-16-5-6-18(23)20-13-16/h2-6,11,13H,7-10,12,14H2,1H3,(H,20,23). The third-order valence-corrected chi connectivity index (χ3v) is 4.47. The number of piperazine rings is 1. The number of carbonyl (C=O) groups is 1. The van der Waals surface area contributed by atoms with E-state index < -0.39 is 0 Å². The zero-order valence-corrected chi connectivity index (χ0v) is 14.4. The maximum Gasteiger partial charge on any atom is 0.247 e. The monoisotopic (exact) mass is 341 g/mol. The number of pyridine rings is 1. The molecule has 2 aromatic rings. The lowest BCUT2D eigenvalue weighted by Gasteiger charge is -2.34. The Morgan fingerprint density at radius 2 is 1.92 bits per heavy atom. The summed E-state index contributed by atoms with van der Waals surface area (Å²) in [6.07, 6.45) is 2.15. The summed E-state index contributed by atoms with van der Waals surface area (Å²) in [5.41, 5.74) is 1.97. The highest BCUT2D eigenvalue weighted by Gasteiger charge is 2.21. The molecule has 6 heteroatoms. The maximum absolute atomic E-state index is 12.5. The molecule has 25 heavy (non-hydrogen) atoms. The fourth-order valence-corrected chi connectivity index (χ4v) is 3.02. The zero-order valence-electron chi connectivity index (χ0n) is 14.4. The predicted molar refractivity (Wildman–Crippen MR) is 95.6 cm³/mol. The third-order valence-electron chi connectivity index (χ3n) is 4.47. The molecular formula is C19H23N3O3. The van der Waals surface area contributed by atoms with Gasteiger partial charge in [0.1, 0.15) is 5.75 Å². The van der Waals surface area contributed by atoms with Crippen LogP contribution in [0.5, 0.6) is 5.75 Å². The molecule has 0 unspecified atom stereocenters. The second kappa shape index (κ2) is 7.98. The largest absolute Gasteiger partial charge is 0.497 e. The van der Waals surface area contributed by atoms with Crippen LogP contribution in [0.3, 0.4) is 0 Å². The fraction of sp³-hybridized carbons (Fsp3) is 0.368. The number of aromatic amines is 1. The van der Waals surface area contributed by atoms with Crippen molar-refractivity contribution in [3.63, 3.8) is 0 Å². The van der Waals surface area contributed by atoms with Crippen LogP contribution in [0.4, 0.5) is 0 Å². The van der Waals surface area contributed by atoms with E-state index >= 15 is 0 Å². The van der Waals surface area contributed by atoms with Crippen LogP contribution in [0.1, 0.15) is 11.1 Å². The van der Waals surface area contributed by atoms with E-state index in [1.165, 1.54) is 0 Å². The molecule has 2 heterocycles. The van der Waals surface area contributed by atoms with Gasteiger partial charge >= 0.3 is 0 Å². The van der Waals surface area contributed by atoms with Gasteiger partial charge in [-0.3, -0.25) is 14.5 Å². The number of amides is 1. The number of methoxy groups -OCH3 is 1. The number of nitrogens with zero attached hydrogens (tertiary/aromatic N) is 2. The van der Waals surface area contributed by atoms with E-state index in [2.05, 4.69) is 9.88 Å². The summed E-state index contributed by atoms with van der Waals surface area (Å²) in [6, 6.07) is 11.0. The van der Waals surface area contributed by atoms with Gasteiger partial charge in [-0.25, -0.2) is 0 Å². The summed E-state index contributed by atoms with van der Waals surface area (Å²) in [7, 11) is 1.63. The first kappa shape index (κ1) is 17.2. The smallest absolute Gasteiger partial charge is 0.247 e. The minimum absolute atomic E-state index is 0.0864. The molecule has 0 spiro atoms. The van der Waals surface area contributed by atoms with E-state index in [-0.39, 0.29) is 11.5 Å². The summed E-state index contributed by atoms with van der Waals surface area (Å²) in [4.78, 5) is 30.5. The molecule has 3 rings (SSSR count). The number of carbonyl (C=O) groups excluding carboxylic acids is 1. The van der Waals surface area contributed by atoms with Crippen molar-refractivity contribution in [2.45, 2.75) is 13.0 Å². The van der Waals surface area contributed by atoms with Gasteiger partial charge in [0.2, 0.25) is 11.5 Å². The van der Waals surface area contributed by atoms with Crippen LogP contribution in [0, 0.1) is 0 Å². The zero-order chi connectivity index (χ0) is 17.6. The van der Waals surface area contributed by atoms with Gasteiger partial charge in [0, 0.05) is 45.0 Å². The molecular weight excluding hydrogens is 318 g/mol. The van der Waals surface area contributed by atoms with Gasteiger partial charge in [-0.05, 0) is 23.3 Å². The molecule has 1 saturated heterocycles. The van der Waals surface area contributed by atoms with Crippen LogP contribution in [0.15, 0.2) is 47.4 Å². The number of aromatic nitrogens is 1. The lowest BCUT2D eigenvalue weighted by Crippen LogP contribution is -2.48. The van der Waals surface area contributed by atoms with Crippen LogP contribution < -0.4 is 10.3 Å². The van der Waals surface area contributed by atoms with Crippen LogP contribution in [-0.4, -0.2) is 54.0 Å². The minimum atomic E-state index is -0.0864. The Kier molecular flexibility index (Phi) is 5.50. The Morgan fingerprint density at radius 3 is 2.60 bits per heavy atom. The summed E-state index contributed by atoms with van der Waals surface area (Å²) in [6.45, 7) is 3.92. The first-order valence-electron chi connectivity index (χ1n) is 8.45. The van der Waals surface area contributed by atoms with Gasteiger partial charge in [-0.1, -0.05) is 18.2 Å². The van der Waals surface area contributed by atoms with Gasteiger partial charge < -0.3 is 14.6 Å². The lowest BCUT2D eigenvalue weighted by atomic mass is 10.1. The minimum Gasteiger partial charge on any atom is -0.497 e. The molecule has 1 aliphatic rings. The van der Waals surface area contributed by atoms with E-state index in [0.717, 1.165) is 49.6 Å². The number of H-pyrrole nitrogens is 1. The van der Waals surface area contributed by atoms with Crippen molar-refractivity contribution in [3.8, 4) is 5.75 Å². The molecule has 0 saturated carbocycles. The second-order valence-electron chi connectivity index (χ2n) is 6.25. The fourth-order valence-electron chi connectivity index (χ4n) is 3.02. The van der Waals surface area contributed by atoms with Crippen LogP contribution in [0.25, 0.3) is 0 Å². The molecule has 0 atom stereocenters. The van der Waals surface area contributed by atoms with Crippen molar-refractivity contribution in [3.05, 3.63) is 64.1 Å². The third kappa shape index (κ3) is 4.70. The second-order valence-corrected chi connectivity index (χ2v) is 6.25. The van der Waals surface area contributed by atoms with Crippen LogP contribution >= 0.6 is 0 Å². The molecule has 1 aromatic heterocycles. The lowest BCUT2D eigenvalue weighted by molar-refractivity contribution is -0.132. The van der Waals surface area contributed by atoms with Crippen molar-refractivity contribution >= 4 is 5.91 Å². The number of rotatable bonds is 5. The Labute approximate surface area is 147 Å². The number of ether oxygens (including phenoxy) is 1. The summed E-state index contributed by atoms with van der Waals surface area (Å²) < 4.78 is 5.21. The number of benzene rings is 1.